The third-order valence-corrected chi connectivity index (χ3v) is 3.08. The lowest BCUT2D eigenvalue weighted by Crippen LogP contribution is -2.54. The van der Waals surface area contributed by atoms with Crippen LogP contribution in [0, 0.1) is 5.92 Å². The fourth-order valence-electron chi connectivity index (χ4n) is 1.26. The van der Waals surface area contributed by atoms with Crippen LogP contribution in [0.5, 0.6) is 0 Å². The topological polar surface area (TPSA) is 3.24 Å². The van der Waals surface area contributed by atoms with Gasteiger partial charge in [0.15, 0.2) is 0 Å². The zero-order valence-corrected chi connectivity index (χ0v) is 7.65. The molecule has 1 nitrogen and oxygen atoms in total. The van der Waals surface area contributed by atoms with E-state index in [4.69, 9.17) is 0 Å². The summed E-state index contributed by atoms with van der Waals surface area (Å²) in [6.45, 7) is 11.9. The molecule has 0 radical (unpaired) electrons. The van der Waals surface area contributed by atoms with Gasteiger partial charge in [-0.1, -0.05) is 13.8 Å². The molecule has 1 fully saturated rings. The maximum Gasteiger partial charge on any atom is 0.0176 e. The van der Waals surface area contributed by atoms with Gasteiger partial charge in [-0.2, -0.15) is 0 Å². The highest BCUT2D eigenvalue weighted by molar-refractivity contribution is 4.88. The predicted molar refractivity (Wildman–Crippen MR) is 45.1 cm³/mol. The predicted octanol–water partition coefficient (Wildman–Crippen LogP) is 2.13. The molecule has 0 saturated carbocycles. The number of nitrogens with zero attached hydrogens (tertiary/aromatic N) is 1. The van der Waals surface area contributed by atoms with E-state index in [1.807, 2.05) is 0 Å². The summed E-state index contributed by atoms with van der Waals surface area (Å²) in [5, 5.41) is 0. The molecule has 0 atom stereocenters. The number of hydrogen-bond donors (Lipinski definition) is 0. The average molecular weight is 141 g/mol. The lowest BCUT2D eigenvalue weighted by molar-refractivity contribution is 0.0222. The van der Waals surface area contributed by atoms with Crippen LogP contribution in [0.25, 0.3) is 0 Å². The molecule has 0 spiro atoms. The van der Waals surface area contributed by atoms with Gasteiger partial charge in [-0.25, -0.2) is 0 Å². The third-order valence-electron chi connectivity index (χ3n) is 3.08. The maximum atomic E-state index is 2.57. The molecule has 1 heteroatoms. The molecule has 0 aromatic rings. The monoisotopic (exact) mass is 141 g/mol. The number of likely N-dealkylation sites (tertiary alicyclic amines) is 1. The second kappa shape index (κ2) is 2.54. The molecular weight excluding hydrogens is 122 g/mol. The van der Waals surface area contributed by atoms with Gasteiger partial charge in [0.2, 0.25) is 0 Å². The third kappa shape index (κ3) is 1.20. The van der Waals surface area contributed by atoms with Crippen molar-refractivity contribution < 1.29 is 0 Å². The molecule has 1 aliphatic heterocycles. The van der Waals surface area contributed by atoms with Crippen LogP contribution < -0.4 is 0 Å². The Balaban J connectivity index is 2.48. The molecular formula is C9H19N. The van der Waals surface area contributed by atoms with E-state index >= 15 is 0 Å². The first kappa shape index (κ1) is 8.06. The van der Waals surface area contributed by atoms with Crippen LogP contribution in [0.4, 0.5) is 0 Å². The first-order valence-electron chi connectivity index (χ1n) is 4.30. The van der Waals surface area contributed by atoms with Gasteiger partial charge in [-0.3, -0.25) is 4.90 Å². The van der Waals surface area contributed by atoms with Crippen LogP contribution in [0.1, 0.15) is 34.1 Å². The van der Waals surface area contributed by atoms with Crippen LogP contribution in [-0.2, 0) is 0 Å². The van der Waals surface area contributed by atoms with Crippen molar-refractivity contribution in [3.05, 3.63) is 0 Å². The Kier molecular flexibility index (Phi) is 2.04. The molecule has 1 saturated heterocycles. The molecule has 1 rings (SSSR count). The first-order valence-corrected chi connectivity index (χ1v) is 4.30. The normalized spacial score (nSPS) is 21.3. The Labute approximate surface area is 64.4 Å². The summed E-state index contributed by atoms with van der Waals surface area (Å²) in [7, 11) is 0. The zero-order valence-electron chi connectivity index (χ0n) is 7.65. The van der Waals surface area contributed by atoms with Crippen molar-refractivity contribution in [2.45, 2.75) is 39.7 Å². The van der Waals surface area contributed by atoms with Crippen molar-refractivity contribution in [2.24, 2.45) is 5.92 Å². The zero-order chi connectivity index (χ0) is 7.78. The molecule has 0 unspecified atom stereocenters. The van der Waals surface area contributed by atoms with E-state index in [1.165, 1.54) is 19.5 Å². The summed E-state index contributed by atoms with van der Waals surface area (Å²) in [5.74, 6) is 0.771. The van der Waals surface area contributed by atoms with Gasteiger partial charge in [0, 0.05) is 5.54 Å². The Hall–Kier alpha value is -0.0400. The van der Waals surface area contributed by atoms with E-state index in [2.05, 4.69) is 32.6 Å². The minimum Gasteiger partial charge on any atom is -0.298 e. The highest BCUT2D eigenvalue weighted by Gasteiger charge is 2.33. The van der Waals surface area contributed by atoms with Gasteiger partial charge in [-0.15, -0.1) is 0 Å². The van der Waals surface area contributed by atoms with Gasteiger partial charge in [-0.05, 0) is 39.3 Å². The first-order chi connectivity index (χ1) is 4.55. The molecule has 1 aliphatic rings. The maximum absolute atomic E-state index is 2.57. The molecule has 0 aromatic heterocycles. The minimum atomic E-state index is 0.429. The fourth-order valence-corrected chi connectivity index (χ4v) is 1.26. The Bertz CT molecular complexity index is 112. The van der Waals surface area contributed by atoms with Crippen LogP contribution in [0.15, 0.2) is 0 Å². The van der Waals surface area contributed by atoms with Crippen molar-refractivity contribution in [1.82, 2.24) is 4.90 Å². The standard InChI is InChI=1S/C9H19N/c1-8(2)9(3,4)10-6-5-7-10/h8H,5-7H2,1-4H3. The van der Waals surface area contributed by atoms with Gasteiger partial charge < -0.3 is 0 Å². The highest BCUT2D eigenvalue weighted by Crippen LogP contribution is 2.27. The van der Waals surface area contributed by atoms with Gasteiger partial charge >= 0.3 is 0 Å². The summed E-state index contributed by atoms with van der Waals surface area (Å²) >= 11 is 0. The smallest absolute Gasteiger partial charge is 0.0176 e. The van der Waals surface area contributed by atoms with Gasteiger partial charge in [0.05, 0.1) is 0 Å². The van der Waals surface area contributed by atoms with Crippen LogP contribution >= 0.6 is 0 Å². The highest BCUT2D eigenvalue weighted by atomic mass is 15.2. The molecule has 1 heterocycles. The quantitative estimate of drug-likeness (QED) is 0.569. The summed E-state index contributed by atoms with van der Waals surface area (Å²) in [4.78, 5) is 2.57. The fraction of sp³-hybridized carbons (Fsp3) is 1.00. The summed E-state index contributed by atoms with van der Waals surface area (Å²) < 4.78 is 0. The largest absolute Gasteiger partial charge is 0.298 e. The summed E-state index contributed by atoms with van der Waals surface area (Å²) in [5.41, 5.74) is 0.429. The summed E-state index contributed by atoms with van der Waals surface area (Å²) in [6.07, 6.45) is 1.40. The molecule has 0 amide bonds. The van der Waals surface area contributed by atoms with Crippen LogP contribution in [-0.4, -0.2) is 23.5 Å². The van der Waals surface area contributed by atoms with E-state index in [9.17, 15) is 0 Å². The molecule has 0 aliphatic carbocycles. The Morgan fingerprint density at radius 1 is 1.20 bits per heavy atom. The number of rotatable bonds is 2. The molecule has 0 aromatic carbocycles. The van der Waals surface area contributed by atoms with E-state index in [1.54, 1.807) is 0 Å². The SMILES string of the molecule is CC(C)C(C)(C)N1CCC1. The lowest BCUT2D eigenvalue weighted by Gasteiger charge is -2.47. The second-order valence-electron chi connectivity index (χ2n) is 4.15. The van der Waals surface area contributed by atoms with Crippen LogP contribution in [0.2, 0.25) is 0 Å². The molecule has 0 N–H and O–H groups in total. The van der Waals surface area contributed by atoms with E-state index in [0.717, 1.165) is 5.92 Å². The second-order valence-corrected chi connectivity index (χ2v) is 4.15. The summed E-state index contributed by atoms with van der Waals surface area (Å²) in [6, 6.07) is 0. The van der Waals surface area contributed by atoms with Crippen molar-refractivity contribution in [2.75, 3.05) is 13.1 Å². The van der Waals surface area contributed by atoms with Crippen molar-refractivity contribution >= 4 is 0 Å². The Morgan fingerprint density at radius 2 is 1.70 bits per heavy atom. The van der Waals surface area contributed by atoms with Crippen molar-refractivity contribution in [3.63, 3.8) is 0 Å². The van der Waals surface area contributed by atoms with Crippen molar-refractivity contribution in [3.8, 4) is 0 Å². The van der Waals surface area contributed by atoms with E-state index in [0.29, 0.717) is 5.54 Å². The van der Waals surface area contributed by atoms with Gasteiger partial charge in [0.1, 0.15) is 0 Å². The van der Waals surface area contributed by atoms with Gasteiger partial charge in [0.25, 0.3) is 0 Å². The molecule has 0 bridgehead atoms. The average Bonchev–Trinajstić information content (AvgIpc) is 1.57. The van der Waals surface area contributed by atoms with Crippen molar-refractivity contribution in [1.29, 1.82) is 0 Å². The van der Waals surface area contributed by atoms with E-state index < -0.39 is 0 Å². The molecule has 10 heavy (non-hydrogen) atoms. The Morgan fingerprint density at radius 3 is 1.80 bits per heavy atom. The van der Waals surface area contributed by atoms with E-state index in [-0.39, 0.29) is 0 Å². The molecule has 60 valence electrons. The number of hydrogen-bond acceptors (Lipinski definition) is 1. The van der Waals surface area contributed by atoms with Crippen LogP contribution in [0.3, 0.4) is 0 Å². The minimum absolute atomic E-state index is 0.429. The lowest BCUT2D eigenvalue weighted by atomic mass is 9.86.